The summed E-state index contributed by atoms with van der Waals surface area (Å²) in [5.74, 6) is 0.785. The maximum Gasteiger partial charge on any atom is 0.234 e. The van der Waals surface area contributed by atoms with E-state index in [0.717, 1.165) is 13.1 Å². The van der Waals surface area contributed by atoms with Gasteiger partial charge in [0, 0.05) is 19.1 Å². The smallest absolute Gasteiger partial charge is 0.234 e. The lowest BCUT2D eigenvalue weighted by Gasteiger charge is -2.32. The van der Waals surface area contributed by atoms with Crippen molar-refractivity contribution in [3.63, 3.8) is 0 Å². The number of nitrogens with one attached hydrogen (secondary N) is 2. The van der Waals surface area contributed by atoms with Gasteiger partial charge < -0.3 is 15.4 Å². The van der Waals surface area contributed by atoms with Crippen LogP contribution in [-0.4, -0.2) is 62.8 Å². The van der Waals surface area contributed by atoms with Gasteiger partial charge in [-0.2, -0.15) is 0 Å². The van der Waals surface area contributed by atoms with Crippen LogP contribution in [0.2, 0.25) is 0 Å². The Labute approximate surface area is 135 Å². The van der Waals surface area contributed by atoms with Gasteiger partial charge in [0.15, 0.2) is 0 Å². The van der Waals surface area contributed by atoms with Gasteiger partial charge in [-0.3, -0.25) is 9.69 Å². The largest absolute Gasteiger partial charge is 0.376 e. The van der Waals surface area contributed by atoms with Crippen LogP contribution in [0.5, 0.6) is 0 Å². The van der Waals surface area contributed by atoms with Crippen LogP contribution >= 0.6 is 0 Å². The molecule has 2 N–H and O–H groups in total. The zero-order valence-electron chi connectivity index (χ0n) is 14.3. The first-order valence-corrected chi connectivity index (χ1v) is 8.97. The van der Waals surface area contributed by atoms with Crippen molar-refractivity contribution in [3.8, 4) is 0 Å². The maximum absolute atomic E-state index is 12.0. The van der Waals surface area contributed by atoms with E-state index >= 15 is 0 Å². The Balaban J connectivity index is 1.55. The van der Waals surface area contributed by atoms with E-state index in [4.69, 9.17) is 4.74 Å². The average Bonchev–Trinajstić information content (AvgIpc) is 2.53. The van der Waals surface area contributed by atoms with Crippen molar-refractivity contribution < 1.29 is 9.53 Å². The second kappa shape index (κ2) is 9.48. The summed E-state index contributed by atoms with van der Waals surface area (Å²) in [6.45, 7) is 6.06. The monoisotopic (exact) mass is 311 g/mol. The van der Waals surface area contributed by atoms with Crippen LogP contribution in [0.25, 0.3) is 0 Å². The Morgan fingerprint density at radius 1 is 1.23 bits per heavy atom. The third kappa shape index (κ3) is 5.86. The molecule has 0 bridgehead atoms. The number of hydrogen-bond donors (Lipinski definition) is 2. The predicted molar refractivity (Wildman–Crippen MR) is 88.9 cm³/mol. The fourth-order valence-corrected chi connectivity index (χ4v) is 3.62. The van der Waals surface area contributed by atoms with E-state index in [9.17, 15) is 4.79 Å². The standard InChI is InChI=1S/C17H33N3O2/c1-14-6-3-4-8-16(14)22-11-9-19-17(21)13-20-10-5-7-15(12-20)18-2/h14-16,18H,3-13H2,1-2H3,(H,19,21). The third-order valence-electron chi connectivity index (χ3n) is 5.07. The normalized spacial score (nSPS) is 30.2. The number of nitrogens with zero attached hydrogens (tertiary/aromatic N) is 1. The van der Waals surface area contributed by atoms with Crippen LogP contribution in [-0.2, 0) is 9.53 Å². The summed E-state index contributed by atoms with van der Waals surface area (Å²) in [6, 6.07) is 0.526. The molecule has 128 valence electrons. The Bertz CT molecular complexity index is 338. The number of ether oxygens (including phenoxy) is 1. The molecule has 0 aromatic heterocycles. The zero-order valence-corrected chi connectivity index (χ0v) is 14.3. The molecule has 0 aromatic carbocycles. The van der Waals surface area contributed by atoms with Gasteiger partial charge in [-0.25, -0.2) is 0 Å². The third-order valence-corrected chi connectivity index (χ3v) is 5.07. The van der Waals surface area contributed by atoms with Gasteiger partial charge in [0.25, 0.3) is 0 Å². The van der Waals surface area contributed by atoms with Crippen molar-refractivity contribution in [2.45, 2.75) is 57.6 Å². The van der Waals surface area contributed by atoms with Gasteiger partial charge in [-0.15, -0.1) is 0 Å². The van der Waals surface area contributed by atoms with E-state index in [0.29, 0.717) is 37.8 Å². The quantitative estimate of drug-likeness (QED) is 0.698. The summed E-state index contributed by atoms with van der Waals surface area (Å²) in [5, 5.41) is 6.30. The van der Waals surface area contributed by atoms with Crippen LogP contribution < -0.4 is 10.6 Å². The highest BCUT2D eigenvalue weighted by atomic mass is 16.5. The number of carbonyl (C=O) groups excluding carboxylic acids is 1. The molecule has 1 saturated heterocycles. The number of carbonyl (C=O) groups is 1. The highest BCUT2D eigenvalue weighted by Crippen LogP contribution is 2.25. The van der Waals surface area contributed by atoms with Crippen molar-refractivity contribution >= 4 is 5.91 Å². The molecule has 3 atom stereocenters. The van der Waals surface area contributed by atoms with Gasteiger partial charge in [0.2, 0.25) is 5.91 Å². The molecule has 1 saturated carbocycles. The molecule has 1 aliphatic carbocycles. The number of piperidine rings is 1. The molecule has 5 heteroatoms. The lowest BCUT2D eigenvalue weighted by Crippen LogP contribution is -2.48. The number of hydrogen-bond acceptors (Lipinski definition) is 4. The lowest BCUT2D eigenvalue weighted by atomic mass is 9.88. The Morgan fingerprint density at radius 2 is 2.05 bits per heavy atom. The van der Waals surface area contributed by atoms with Gasteiger partial charge in [0.05, 0.1) is 19.3 Å². The Kier molecular flexibility index (Phi) is 7.63. The van der Waals surface area contributed by atoms with Gasteiger partial charge >= 0.3 is 0 Å². The Hall–Kier alpha value is -0.650. The van der Waals surface area contributed by atoms with Crippen LogP contribution in [0.3, 0.4) is 0 Å². The summed E-state index contributed by atoms with van der Waals surface area (Å²) >= 11 is 0. The molecule has 2 rings (SSSR count). The second-order valence-electron chi connectivity index (χ2n) is 6.88. The minimum atomic E-state index is 0.122. The molecule has 3 unspecified atom stereocenters. The van der Waals surface area contributed by atoms with Crippen molar-refractivity contribution in [2.75, 3.05) is 39.8 Å². The Morgan fingerprint density at radius 3 is 2.82 bits per heavy atom. The SMILES string of the molecule is CNC1CCCN(CC(=O)NCCOC2CCCCC2C)C1. The number of likely N-dealkylation sites (tertiary alicyclic amines) is 1. The van der Waals surface area contributed by atoms with E-state index in [1.807, 2.05) is 7.05 Å². The highest BCUT2D eigenvalue weighted by molar-refractivity contribution is 5.78. The van der Waals surface area contributed by atoms with Crippen molar-refractivity contribution in [2.24, 2.45) is 5.92 Å². The van der Waals surface area contributed by atoms with Crippen molar-refractivity contribution in [1.29, 1.82) is 0 Å². The zero-order chi connectivity index (χ0) is 15.8. The topological polar surface area (TPSA) is 53.6 Å². The summed E-state index contributed by atoms with van der Waals surface area (Å²) < 4.78 is 5.93. The van der Waals surface area contributed by atoms with Crippen LogP contribution in [0.15, 0.2) is 0 Å². The minimum Gasteiger partial charge on any atom is -0.376 e. The predicted octanol–water partition coefficient (Wildman–Crippen LogP) is 1.38. The summed E-state index contributed by atoms with van der Waals surface area (Å²) in [7, 11) is 2.00. The van der Waals surface area contributed by atoms with Crippen LogP contribution in [0.4, 0.5) is 0 Å². The second-order valence-corrected chi connectivity index (χ2v) is 6.88. The molecule has 1 aliphatic heterocycles. The van der Waals surface area contributed by atoms with Crippen molar-refractivity contribution in [1.82, 2.24) is 15.5 Å². The number of likely N-dealkylation sites (N-methyl/N-ethyl adjacent to an activating group) is 1. The molecule has 0 radical (unpaired) electrons. The van der Waals surface area contributed by atoms with Gasteiger partial charge in [-0.1, -0.05) is 19.8 Å². The molecule has 0 aromatic rings. The first kappa shape index (κ1) is 17.7. The molecule has 1 heterocycles. The molecule has 5 nitrogen and oxygen atoms in total. The van der Waals surface area contributed by atoms with Gasteiger partial charge in [0.1, 0.15) is 0 Å². The van der Waals surface area contributed by atoms with Gasteiger partial charge in [-0.05, 0) is 45.2 Å². The molecule has 0 spiro atoms. The fourth-order valence-electron chi connectivity index (χ4n) is 3.62. The van der Waals surface area contributed by atoms with E-state index in [1.165, 1.54) is 38.5 Å². The minimum absolute atomic E-state index is 0.122. The molecule has 1 amide bonds. The fraction of sp³-hybridized carbons (Fsp3) is 0.941. The van der Waals surface area contributed by atoms with E-state index < -0.39 is 0 Å². The summed E-state index contributed by atoms with van der Waals surface area (Å²) in [4.78, 5) is 14.2. The first-order chi connectivity index (χ1) is 10.7. The highest BCUT2D eigenvalue weighted by Gasteiger charge is 2.22. The number of amides is 1. The van der Waals surface area contributed by atoms with Crippen LogP contribution in [0, 0.1) is 5.92 Å². The maximum atomic E-state index is 12.0. The molecular formula is C17H33N3O2. The molecule has 2 aliphatic rings. The lowest BCUT2D eigenvalue weighted by molar-refractivity contribution is -0.123. The molecule has 22 heavy (non-hydrogen) atoms. The van der Waals surface area contributed by atoms with Crippen LogP contribution in [0.1, 0.15) is 45.4 Å². The van der Waals surface area contributed by atoms with E-state index in [2.05, 4.69) is 22.5 Å². The van der Waals surface area contributed by atoms with E-state index in [-0.39, 0.29) is 5.91 Å². The van der Waals surface area contributed by atoms with Crippen molar-refractivity contribution in [3.05, 3.63) is 0 Å². The molecular weight excluding hydrogens is 278 g/mol. The summed E-state index contributed by atoms with van der Waals surface area (Å²) in [5.41, 5.74) is 0. The average molecular weight is 311 g/mol. The first-order valence-electron chi connectivity index (χ1n) is 8.97. The molecule has 2 fully saturated rings. The number of rotatable bonds is 7. The summed E-state index contributed by atoms with van der Waals surface area (Å²) in [6.07, 6.45) is 7.84. The van der Waals surface area contributed by atoms with E-state index in [1.54, 1.807) is 0 Å².